The Morgan fingerprint density at radius 2 is 1.80 bits per heavy atom. The number of halogens is 2. The molecule has 0 radical (unpaired) electrons. The Bertz CT molecular complexity index is 839. The van der Waals surface area contributed by atoms with Crippen molar-refractivity contribution >= 4 is 52.2 Å². The second kappa shape index (κ2) is 7.95. The van der Waals surface area contributed by atoms with Crippen LogP contribution in [0.15, 0.2) is 53.4 Å². The molecule has 2 amide bonds. The normalized spacial score (nSPS) is 15.9. The van der Waals surface area contributed by atoms with Gasteiger partial charge in [-0.2, -0.15) is 0 Å². The van der Waals surface area contributed by atoms with E-state index in [1.165, 1.54) is 4.90 Å². The van der Waals surface area contributed by atoms with Gasteiger partial charge in [0.05, 0.1) is 21.5 Å². The summed E-state index contributed by atoms with van der Waals surface area (Å²) in [5.41, 5.74) is 0.709. The molecule has 1 heterocycles. The van der Waals surface area contributed by atoms with Gasteiger partial charge >= 0.3 is 0 Å². The molecule has 25 heavy (non-hydrogen) atoms. The topological polar surface area (TPSA) is 46.6 Å². The number of amides is 2. The van der Waals surface area contributed by atoms with Crippen LogP contribution >= 0.6 is 35.0 Å². The van der Waals surface area contributed by atoms with Gasteiger partial charge in [0.15, 0.2) is 0 Å². The second-order valence-electron chi connectivity index (χ2n) is 5.17. The van der Waals surface area contributed by atoms with Crippen LogP contribution in [0.25, 0.3) is 6.08 Å². The van der Waals surface area contributed by atoms with Gasteiger partial charge in [0, 0.05) is 0 Å². The van der Waals surface area contributed by atoms with Crippen LogP contribution in [0, 0.1) is 0 Å². The zero-order chi connectivity index (χ0) is 17.8. The number of thioether (sulfide) groups is 1. The molecular formula is C18H13Cl2NO3S. The molecule has 0 unspecified atom stereocenters. The van der Waals surface area contributed by atoms with E-state index in [0.717, 1.165) is 11.8 Å². The molecule has 7 heteroatoms. The Hall–Kier alpha value is -1.95. The number of para-hydroxylation sites is 1. The minimum Gasteiger partial charge on any atom is -0.492 e. The summed E-state index contributed by atoms with van der Waals surface area (Å²) in [6.07, 6.45) is 1.63. The predicted molar refractivity (Wildman–Crippen MR) is 101 cm³/mol. The summed E-state index contributed by atoms with van der Waals surface area (Å²) in [5, 5.41) is 0.517. The Balaban J connectivity index is 1.65. The monoisotopic (exact) mass is 393 g/mol. The van der Waals surface area contributed by atoms with Crippen LogP contribution in [0.3, 0.4) is 0 Å². The Kier molecular flexibility index (Phi) is 5.68. The lowest BCUT2D eigenvalue weighted by Gasteiger charge is -2.13. The number of hydrogen-bond acceptors (Lipinski definition) is 4. The van der Waals surface area contributed by atoms with E-state index >= 15 is 0 Å². The number of benzene rings is 2. The van der Waals surface area contributed by atoms with Crippen LogP contribution < -0.4 is 4.74 Å². The molecule has 0 spiro atoms. The summed E-state index contributed by atoms with van der Waals surface area (Å²) in [7, 11) is 0. The largest absolute Gasteiger partial charge is 0.492 e. The first-order chi connectivity index (χ1) is 12.0. The van der Waals surface area contributed by atoms with Gasteiger partial charge in [-0.1, -0.05) is 47.5 Å². The molecule has 3 rings (SSSR count). The van der Waals surface area contributed by atoms with Crippen molar-refractivity contribution in [3.05, 3.63) is 69.0 Å². The molecule has 0 N–H and O–H groups in total. The molecule has 0 bridgehead atoms. The van der Waals surface area contributed by atoms with Crippen LogP contribution in [-0.2, 0) is 4.79 Å². The van der Waals surface area contributed by atoms with Gasteiger partial charge in [-0.05, 0) is 47.7 Å². The van der Waals surface area contributed by atoms with Crippen molar-refractivity contribution in [1.29, 1.82) is 0 Å². The Labute approximate surface area is 159 Å². The molecule has 128 valence electrons. The van der Waals surface area contributed by atoms with E-state index in [4.69, 9.17) is 27.9 Å². The molecule has 2 aromatic rings. The standard InChI is InChI=1S/C18H13Cl2NO3S/c19-14-7-6-12(10-15(14)20)11-16-17(22)21(18(23)25-16)8-9-24-13-4-2-1-3-5-13/h1-7,10-11H,8-9H2/b16-11-. The molecule has 1 fully saturated rings. The maximum Gasteiger partial charge on any atom is 0.293 e. The second-order valence-corrected chi connectivity index (χ2v) is 6.98. The minimum absolute atomic E-state index is 0.193. The smallest absolute Gasteiger partial charge is 0.293 e. The molecule has 0 aliphatic carbocycles. The van der Waals surface area contributed by atoms with E-state index in [2.05, 4.69) is 0 Å². The maximum absolute atomic E-state index is 12.4. The maximum atomic E-state index is 12.4. The van der Waals surface area contributed by atoms with E-state index in [-0.39, 0.29) is 24.3 Å². The zero-order valence-corrected chi connectivity index (χ0v) is 15.3. The molecule has 0 saturated carbocycles. The lowest BCUT2D eigenvalue weighted by molar-refractivity contribution is -0.123. The van der Waals surface area contributed by atoms with E-state index in [1.54, 1.807) is 24.3 Å². The van der Waals surface area contributed by atoms with Crippen LogP contribution in [0.1, 0.15) is 5.56 Å². The van der Waals surface area contributed by atoms with Gasteiger partial charge in [-0.15, -0.1) is 0 Å². The summed E-state index contributed by atoms with van der Waals surface area (Å²) in [6.45, 7) is 0.431. The summed E-state index contributed by atoms with van der Waals surface area (Å²) in [4.78, 5) is 26.0. The van der Waals surface area contributed by atoms with E-state index in [9.17, 15) is 9.59 Å². The van der Waals surface area contributed by atoms with Crippen LogP contribution in [0.5, 0.6) is 5.75 Å². The minimum atomic E-state index is -0.335. The Morgan fingerprint density at radius 1 is 1.04 bits per heavy atom. The highest BCUT2D eigenvalue weighted by atomic mass is 35.5. The summed E-state index contributed by atoms with van der Waals surface area (Å²) in [5.74, 6) is 0.360. The lowest BCUT2D eigenvalue weighted by Crippen LogP contribution is -2.32. The molecule has 1 aliphatic rings. The molecule has 1 saturated heterocycles. The van der Waals surface area contributed by atoms with Crippen LogP contribution in [-0.4, -0.2) is 29.2 Å². The number of carbonyl (C=O) groups excluding carboxylic acids is 2. The highest BCUT2D eigenvalue weighted by Crippen LogP contribution is 2.33. The van der Waals surface area contributed by atoms with E-state index < -0.39 is 0 Å². The number of hydrogen-bond donors (Lipinski definition) is 0. The number of carbonyl (C=O) groups is 2. The molecule has 4 nitrogen and oxygen atoms in total. The van der Waals surface area contributed by atoms with Gasteiger partial charge in [-0.3, -0.25) is 14.5 Å². The third-order valence-corrected chi connectivity index (χ3v) is 5.09. The first-order valence-electron chi connectivity index (χ1n) is 7.43. The summed E-state index contributed by atoms with van der Waals surface area (Å²) >= 11 is 12.8. The van der Waals surface area contributed by atoms with Gasteiger partial charge in [0.1, 0.15) is 12.4 Å². The molecule has 0 aromatic heterocycles. The fraction of sp³-hybridized carbons (Fsp3) is 0.111. The lowest BCUT2D eigenvalue weighted by atomic mass is 10.2. The van der Waals surface area contributed by atoms with Crippen molar-refractivity contribution in [2.75, 3.05) is 13.2 Å². The van der Waals surface area contributed by atoms with E-state index in [0.29, 0.717) is 26.3 Å². The average molecular weight is 394 g/mol. The van der Waals surface area contributed by atoms with Gasteiger partial charge < -0.3 is 4.74 Å². The average Bonchev–Trinajstić information content (AvgIpc) is 2.86. The third-order valence-electron chi connectivity index (χ3n) is 3.44. The van der Waals surface area contributed by atoms with Crippen molar-refractivity contribution < 1.29 is 14.3 Å². The van der Waals surface area contributed by atoms with Crippen LogP contribution in [0.2, 0.25) is 10.0 Å². The first kappa shape index (κ1) is 17.9. The van der Waals surface area contributed by atoms with Crippen molar-refractivity contribution in [1.82, 2.24) is 4.90 Å². The number of rotatable bonds is 5. The van der Waals surface area contributed by atoms with Crippen molar-refractivity contribution in [3.63, 3.8) is 0 Å². The molecular weight excluding hydrogens is 381 g/mol. The Morgan fingerprint density at radius 3 is 2.52 bits per heavy atom. The predicted octanol–water partition coefficient (Wildman–Crippen LogP) is 5.11. The summed E-state index contributed by atoms with van der Waals surface area (Å²) in [6, 6.07) is 14.3. The van der Waals surface area contributed by atoms with Gasteiger partial charge in [-0.25, -0.2) is 0 Å². The zero-order valence-electron chi connectivity index (χ0n) is 12.9. The quantitative estimate of drug-likeness (QED) is 0.662. The van der Waals surface area contributed by atoms with Crippen LogP contribution in [0.4, 0.5) is 4.79 Å². The van der Waals surface area contributed by atoms with Gasteiger partial charge in [0.25, 0.3) is 11.1 Å². The van der Waals surface area contributed by atoms with E-state index in [1.807, 2.05) is 30.3 Å². The highest BCUT2D eigenvalue weighted by molar-refractivity contribution is 8.18. The SMILES string of the molecule is O=C1S/C(=C\c2ccc(Cl)c(Cl)c2)C(=O)N1CCOc1ccccc1. The number of nitrogens with zero attached hydrogens (tertiary/aromatic N) is 1. The van der Waals surface area contributed by atoms with Crippen molar-refractivity contribution in [2.24, 2.45) is 0 Å². The highest BCUT2D eigenvalue weighted by Gasteiger charge is 2.34. The third kappa shape index (κ3) is 4.37. The van der Waals surface area contributed by atoms with Gasteiger partial charge in [0.2, 0.25) is 0 Å². The van der Waals surface area contributed by atoms with Crippen molar-refractivity contribution in [2.45, 2.75) is 0 Å². The first-order valence-corrected chi connectivity index (χ1v) is 9.00. The number of ether oxygens (including phenoxy) is 1. The summed E-state index contributed by atoms with van der Waals surface area (Å²) < 4.78 is 5.54. The number of imide groups is 1. The molecule has 2 aromatic carbocycles. The van der Waals surface area contributed by atoms with Crippen molar-refractivity contribution in [3.8, 4) is 5.75 Å². The molecule has 0 atom stereocenters. The molecule has 1 aliphatic heterocycles. The fourth-order valence-corrected chi connectivity index (χ4v) is 3.39. The fourth-order valence-electron chi connectivity index (χ4n) is 2.22.